The van der Waals surface area contributed by atoms with E-state index in [1.54, 1.807) is 0 Å². The van der Waals surface area contributed by atoms with Crippen molar-refractivity contribution in [2.75, 3.05) is 6.54 Å². The van der Waals surface area contributed by atoms with Crippen LogP contribution in [0.2, 0.25) is 5.02 Å². The molecule has 1 aromatic carbocycles. The number of rotatable bonds is 3. The molecule has 0 radical (unpaired) electrons. The lowest BCUT2D eigenvalue weighted by Crippen LogP contribution is -2.02. The normalized spacial score (nSPS) is 10.7. The van der Waals surface area contributed by atoms with Crippen LogP contribution in [0.25, 0.3) is 11.5 Å². The zero-order valence-corrected chi connectivity index (χ0v) is 9.66. The summed E-state index contributed by atoms with van der Waals surface area (Å²) < 4.78 is 5.46. The van der Waals surface area contributed by atoms with Crippen LogP contribution in [0.15, 0.2) is 22.6 Å². The average molecular weight is 238 g/mol. The van der Waals surface area contributed by atoms with E-state index in [1.165, 1.54) is 0 Å². The Morgan fingerprint density at radius 3 is 2.94 bits per heavy atom. The molecular formula is C11H12ClN3O. The summed E-state index contributed by atoms with van der Waals surface area (Å²) in [4.78, 5) is 0. The minimum absolute atomic E-state index is 0.442. The maximum absolute atomic E-state index is 6.16. The van der Waals surface area contributed by atoms with Crippen LogP contribution in [0.5, 0.6) is 0 Å². The van der Waals surface area contributed by atoms with E-state index < -0.39 is 0 Å². The van der Waals surface area contributed by atoms with Crippen LogP contribution < -0.4 is 5.73 Å². The summed E-state index contributed by atoms with van der Waals surface area (Å²) in [7, 11) is 0. The smallest absolute Gasteiger partial charge is 0.249 e. The maximum atomic E-state index is 6.16. The second-order valence-electron chi connectivity index (χ2n) is 3.48. The van der Waals surface area contributed by atoms with E-state index in [0.29, 0.717) is 29.8 Å². The fraction of sp³-hybridized carbons (Fsp3) is 0.273. The number of halogens is 1. The molecule has 16 heavy (non-hydrogen) atoms. The van der Waals surface area contributed by atoms with Crippen LogP contribution in [-0.2, 0) is 6.42 Å². The molecule has 5 heteroatoms. The number of hydrogen-bond donors (Lipinski definition) is 1. The largest absolute Gasteiger partial charge is 0.421 e. The van der Waals surface area contributed by atoms with Crippen molar-refractivity contribution in [3.63, 3.8) is 0 Å². The highest BCUT2D eigenvalue weighted by Gasteiger charge is 2.12. The molecule has 0 aliphatic rings. The molecule has 1 heterocycles. The van der Waals surface area contributed by atoms with Gasteiger partial charge in [0.1, 0.15) is 0 Å². The van der Waals surface area contributed by atoms with Crippen molar-refractivity contribution in [1.82, 2.24) is 10.2 Å². The molecule has 2 N–H and O–H groups in total. The topological polar surface area (TPSA) is 64.9 Å². The Kier molecular flexibility index (Phi) is 3.22. The fourth-order valence-corrected chi connectivity index (χ4v) is 1.61. The summed E-state index contributed by atoms with van der Waals surface area (Å²) >= 11 is 6.16. The lowest BCUT2D eigenvalue weighted by atomic mass is 10.1. The summed E-state index contributed by atoms with van der Waals surface area (Å²) in [5.74, 6) is 0.979. The molecule has 0 aliphatic heterocycles. The van der Waals surface area contributed by atoms with Crippen molar-refractivity contribution in [3.05, 3.63) is 34.7 Å². The number of nitrogens with two attached hydrogens (primary N) is 1. The second kappa shape index (κ2) is 4.63. The van der Waals surface area contributed by atoms with Gasteiger partial charge in [0.25, 0.3) is 0 Å². The molecule has 0 saturated carbocycles. The zero-order chi connectivity index (χ0) is 11.5. The minimum Gasteiger partial charge on any atom is -0.421 e. The van der Waals surface area contributed by atoms with E-state index in [9.17, 15) is 0 Å². The van der Waals surface area contributed by atoms with E-state index >= 15 is 0 Å². The monoisotopic (exact) mass is 237 g/mol. The lowest BCUT2D eigenvalue weighted by molar-refractivity contribution is 0.507. The van der Waals surface area contributed by atoms with Crippen LogP contribution in [0, 0.1) is 6.92 Å². The molecule has 0 amide bonds. The van der Waals surface area contributed by atoms with E-state index in [1.807, 2.05) is 25.1 Å². The summed E-state index contributed by atoms with van der Waals surface area (Å²) in [5.41, 5.74) is 7.15. The van der Waals surface area contributed by atoms with Crippen molar-refractivity contribution in [2.24, 2.45) is 5.73 Å². The maximum Gasteiger partial charge on any atom is 0.249 e. The van der Waals surface area contributed by atoms with Gasteiger partial charge in [0.2, 0.25) is 11.8 Å². The van der Waals surface area contributed by atoms with Gasteiger partial charge in [0, 0.05) is 13.0 Å². The summed E-state index contributed by atoms with van der Waals surface area (Å²) in [6.07, 6.45) is 0.580. The van der Waals surface area contributed by atoms with Gasteiger partial charge in [-0.15, -0.1) is 10.2 Å². The molecule has 2 aromatic rings. The SMILES string of the molecule is Cc1cccc(-c2nnc(CCN)o2)c1Cl. The first-order valence-corrected chi connectivity index (χ1v) is 5.38. The number of aromatic nitrogens is 2. The van der Waals surface area contributed by atoms with Crippen molar-refractivity contribution in [1.29, 1.82) is 0 Å². The highest BCUT2D eigenvalue weighted by Crippen LogP contribution is 2.29. The zero-order valence-electron chi connectivity index (χ0n) is 8.90. The number of hydrogen-bond acceptors (Lipinski definition) is 4. The minimum atomic E-state index is 0.442. The molecule has 0 unspecified atom stereocenters. The van der Waals surface area contributed by atoms with Crippen molar-refractivity contribution in [3.8, 4) is 11.5 Å². The second-order valence-corrected chi connectivity index (χ2v) is 3.85. The van der Waals surface area contributed by atoms with Gasteiger partial charge >= 0.3 is 0 Å². The molecule has 0 spiro atoms. The molecule has 1 aromatic heterocycles. The summed E-state index contributed by atoms with van der Waals surface area (Å²) in [6, 6.07) is 5.70. The third-order valence-electron chi connectivity index (χ3n) is 2.25. The molecule has 0 atom stereocenters. The lowest BCUT2D eigenvalue weighted by Gasteiger charge is -2.01. The Morgan fingerprint density at radius 2 is 2.19 bits per heavy atom. The van der Waals surface area contributed by atoms with Crippen LogP contribution in [0.1, 0.15) is 11.5 Å². The Hall–Kier alpha value is -1.39. The highest BCUT2D eigenvalue weighted by atomic mass is 35.5. The van der Waals surface area contributed by atoms with Crippen LogP contribution >= 0.6 is 11.6 Å². The van der Waals surface area contributed by atoms with Crippen molar-refractivity contribution < 1.29 is 4.42 Å². The molecule has 0 bridgehead atoms. The van der Waals surface area contributed by atoms with Gasteiger partial charge in [0.05, 0.1) is 10.6 Å². The third-order valence-corrected chi connectivity index (χ3v) is 2.75. The molecule has 2 rings (SSSR count). The fourth-order valence-electron chi connectivity index (χ4n) is 1.40. The van der Waals surface area contributed by atoms with E-state index in [-0.39, 0.29) is 0 Å². The molecule has 0 aliphatic carbocycles. The first-order chi connectivity index (χ1) is 7.72. The Morgan fingerprint density at radius 1 is 1.38 bits per heavy atom. The summed E-state index contributed by atoms with van der Waals surface area (Å²) in [5, 5.41) is 8.49. The molecule has 84 valence electrons. The van der Waals surface area contributed by atoms with Gasteiger partial charge < -0.3 is 10.2 Å². The van der Waals surface area contributed by atoms with Gasteiger partial charge in [-0.2, -0.15) is 0 Å². The number of nitrogens with zero attached hydrogens (tertiary/aromatic N) is 2. The molecule has 0 saturated heterocycles. The van der Waals surface area contributed by atoms with Crippen molar-refractivity contribution >= 4 is 11.6 Å². The van der Waals surface area contributed by atoms with E-state index in [2.05, 4.69) is 10.2 Å². The first-order valence-electron chi connectivity index (χ1n) is 5.00. The molecule has 4 nitrogen and oxygen atoms in total. The predicted octanol–water partition coefficient (Wildman–Crippen LogP) is 2.20. The Bertz CT molecular complexity index is 496. The standard InChI is InChI=1S/C11H12ClN3O/c1-7-3-2-4-8(10(7)12)11-15-14-9(16-11)5-6-13/h2-4H,5-6,13H2,1H3. The van der Waals surface area contributed by atoms with Crippen LogP contribution in [0.4, 0.5) is 0 Å². The Balaban J connectivity index is 2.39. The molecular weight excluding hydrogens is 226 g/mol. The highest BCUT2D eigenvalue weighted by molar-refractivity contribution is 6.33. The number of aryl methyl sites for hydroxylation is 1. The van der Waals surface area contributed by atoms with Crippen LogP contribution in [-0.4, -0.2) is 16.7 Å². The summed E-state index contributed by atoms with van der Waals surface area (Å²) in [6.45, 7) is 2.42. The van der Waals surface area contributed by atoms with Gasteiger partial charge in [-0.05, 0) is 18.6 Å². The van der Waals surface area contributed by atoms with E-state index in [4.69, 9.17) is 21.8 Å². The van der Waals surface area contributed by atoms with Gasteiger partial charge in [-0.3, -0.25) is 0 Å². The quantitative estimate of drug-likeness (QED) is 0.889. The Labute approximate surface area is 98.4 Å². The third kappa shape index (κ3) is 2.08. The number of benzene rings is 1. The first kappa shape index (κ1) is 11.1. The van der Waals surface area contributed by atoms with E-state index in [0.717, 1.165) is 11.1 Å². The van der Waals surface area contributed by atoms with Gasteiger partial charge in [0.15, 0.2) is 0 Å². The van der Waals surface area contributed by atoms with Gasteiger partial charge in [-0.1, -0.05) is 23.7 Å². The van der Waals surface area contributed by atoms with Crippen molar-refractivity contribution in [2.45, 2.75) is 13.3 Å². The average Bonchev–Trinajstić information content (AvgIpc) is 2.71. The predicted molar refractivity (Wildman–Crippen MR) is 62.2 cm³/mol. The van der Waals surface area contributed by atoms with Crippen LogP contribution in [0.3, 0.4) is 0 Å². The molecule has 0 fully saturated rings. The van der Waals surface area contributed by atoms with Gasteiger partial charge in [-0.25, -0.2) is 0 Å².